The second kappa shape index (κ2) is 10.4. The molecule has 0 bridgehead atoms. The van der Waals surface area contributed by atoms with Gasteiger partial charge in [-0.1, -0.05) is 6.07 Å². The zero-order valence-electron chi connectivity index (χ0n) is 13.1. The number of rotatable bonds is 7. The third-order valence-corrected chi connectivity index (χ3v) is 3.05. The maximum absolute atomic E-state index is 5.28. The van der Waals surface area contributed by atoms with Gasteiger partial charge in [0.1, 0.15) is 5.65 Å². The van der Waals surface area contributed by atoms with E-state index >= 15 is 0 Å². The van der Waals surface area contributed by atoms with E-state index in [0.717, 1.165) is 43.4 Å². The van der Waals surface area contributed by atoms with Gasteiger partial charge < -0.3 is 19.8 Å². The summed E-state index contributed by atoms with van der Waals surface area (Å²) in [7, 11) is 1.76. The summed E-state index contributed by atoms with van der Waals surface area (Å²) in [6, 6.07) is 6.00. The molecule has 2 heterocycles. The Kier molecular flexibility index (Phi) is 8.83. The summed E-state index contributed by atoms with van der Waals surface area (Å²) in [6.07, 6.45) is 4.92. The third kappa shape index (κ3) is 5.80. The van der Waals surface area contributed by atoms with E-state index in [-0.39, 0.29) is 24.0 Å². The first-order valence-corrected chi connectivity index (χ1v) is 7.28. The van der Waals surface area contributed by atoms with Crippen LogP contribution in [0.3, 0.4) is 0 Å². The van der Waals surface area contributed by atoms with E-state index in [9.17, 15) is 0 Å². The fourth-order valence-corrected chi connectivity index (χ4v) is 2.02. The average Bonchev–Trinajstić information content (AvgIpc) is 2.92. The van der Waals surface area contributed by atoms with Gasteiger partial charge >= 0.3 is 0 Å². The first kappa shape index (κ1) is 18.7. The Hall–Kier alpha value is -1.35. The smallest absolute Gasteiger partial charge is 0.191 e. The number of guanidine groups is 1. The van der Waals surface area contributed by atoms with Crippen LogP contribution < -0.4 is 10.6 Å². The maximum atomic E-state index is 5.28. The van der Waals surface area contributed by atoms with Crippen LogP contribution in [0.25, 0.3) is 5.65 Å². The first-order valence-electron chi connectivity index (χ1n) is 7.28. The molecule has 2 aromatic heterocycles. The maximum Gasteiger partial charge on any atom is 0.191 e. The van der Waals surface area contributed by atoms with Crippen LogP contribution in [0.5, 0.6) is 0 Å². The van der Waals surface area contributed by atoms with Gasteiger partial charge in [0.25, 0.3) is 0 Å². The number of ether oxygens (including phenoxy) is 1. The quantitative estimate of drug-likeness (QED) is 0.312. The molecule has 7 heteroatoms. The Balaban J connectivity index is 0.00000242. The predicted molar refractivity (Wildman–Crippen MR) is 100 cm³/mol. The number of hydrogen-bond donors (Lipinski definition) is 2. The van der Waals surface area contributed by atoms with Crippen LogP contribution in [0.15, 0.2) is 35.6 Å². The number of hydrogen-bond acceptors (Lipinski definition) is 3. The molecule has 0 amide bonds. The monoisotopic (exact) mass is 417 g/mol. The number of aliphatic imine (C=N–C) groups is 1. The molecule has 0 saturated carbocycles. The van der Waals surface area contributed by atoms with Gasteiger partial charge in [-0.15, -0.1) is 24.0 Å². The number of fused-ring (bicyclic) bond motifs is 1. The van der Waals surface area contributed by atoms with E-state index in [1.165, 1.54) is 0 Å². The van der Waals surface area contributed by atoms with Crippen molar-refractivity contribution in [2.45, 2.75) is 13.3 Å². The summed E-state index contributed by atoms with van der Waals surface area (Å²) in [4.78, 5) is 8.74. The number of aromatic nitrogens is 2. The fourth-order valence-electron chi connectivity index (χ4n) is 2.02. The SMILES string of the molecule is CCOCCNC(=NC)NCCc1cn2ccccc2n1.I. The fraction of sp³-hybridized carbons (Fsp3) is 0.467. The highest BCUT2D eigenvalue weighted by atomic mass is 127. The largest absolute Gasteiger partial charge is 0.380 e. The number of nitrogens with one attached hydrogen (secondary N) is 2. The van der Waals surface area contributed by atoms with Crippen molar-refractivity contribution in [3.05, 3.63) is 36.3 Å². The molecule has 0 spiro atoms. The van der Waals surface area contributed by atoms with Crippen LogP contribution in [0.4, 0.5) is 0 Å². The molecule has 0 atom stereocenters. The normalized spacial score (nSPS) is 11.3. The van der Waals surface area contributed by atoms with E-state index in [2.05, 4.69) is 26.8 Å². The zero-order chi connectivity index (χ0) is 14.9. The topological polar surface area (TPSA) is 63.0 Å². The molecule has 0 aromatic carbocycles. The Morgan fingerprint density at radius 3 is 2.86 bits per heavy atom. The molecule has 0 aliphatic rings. The molecule has 22 heavy (non-hydrogen) atoms. The van der Waals surface area contributed by atoms with Gasteiger partial charge in [-0.25, -0.2) is 4.98 Å². The number of imidazole rings is 1. The Morgan fingerprint density at radius 1 is 1.32 bits per heavy atom. The van der Waals surface area contributed by atoms with Gasteiger partial charge in [0.15, 0.2) is 5.96 Å². The Bertz CT molecular complexity index is 551. The minimum absolute atomic E-state index is 0. The summed E-state index contributed by atoms with van der Waals surface area (Å²) < 4.78 is 7.31. The second-order valence-electron chi connectivity index (χ2n) is 4.57. The standard InChI is InChI=1S/C15H23N5O.HI/c1-3-21-11-9-18-15(16-2)17-8-7-13-12-20-10-5-4-6-14(20)19-13;/h4-6,10,12H,3,7-9,11H2,1-2H3,(H2,16,17,18);1H. The average molecular weight is 417 g/mol. The van der Waals surface area contributed by atoms with Gasteiger partial charge in [0, 0.05) is 45.6 Å². The highest BCUT2D eigenvalue weighted by molar-refractivity contribution is 14.0. The Labute approximate surface area is 148 Å². The van der Waals surface area contributed by atoms with Crippen molar-refractivity contribution in [3.8, 4) is 0 Å². The molecular formula is C15H24IN5O. The lowest BCUT2D eigenvalue weighted by Crippen LogP contribution is -2.39. The van der Waals surface area contributed by atoms with Gasteiger partial charge in [0.05, 0.1) is 12.3 Å². The molecule has 6 nitrogen and oxygen atoms in total. The lowest BCUT2D eigenvalue weighted by Gasteiger charge is -2.11. The molecule has 0 fully saturated rings. The van der Waals surface area contributed by atoms with Gasteiger partial charge in [-0.3, -0.25) is 4.99 Å². The zero-order valence-corrected chi connectivity index (χ0v) is 15.4. The van der Waals surface area contributed by atoms with Crippen molar-refractivity contribution >= 4 is 35.6 Å². The molecule has 0 saturated heterocycles. The van der Waals surface area contributed by atoms with Crippen LogP contribution in [0.1, 0.15) is 12.6 Å². The molecule has 0 unspecified atom stereocenters. The second-order valence-corrected chi connectivity index (χ2v) is 4.57. The van der Waals surface area contributed by atoms with E-state index in [0.29, 0.717) is 6.61 Å². The van der Waals surface area contributed by atoms with E-state index < -0.39 is 0 Å². The Morgan fingerprint density at radius 2 is 2.14 bits per heavy atom. The van der Waals surface area contributed by atoms with E-state index in [1.807, 2.05) is 35.7 Å². The molecule has 122 valence electrons. The van der Waals surface area contributed by atoms with E-state index in [4.69, 9.17) is 4.74 Å². The minimum Gasteiger partial charge on any atom is -0.380 e. The summed E-state index contributed by atoms with van der Waals surface area (Å²) in [5.41, 5.74) is 2.05. The van der Waals surface area contributed by atoms with Gasteiger partial charge in [-0.05, 0) is 19.1 Å². The van der Waals surface area contributed by atoms with Crippen LogP contribution >= 0.6 is 24.0 Å². The lowest BCUT2D eigenvalue weighted by atomic mass is 10.3. The predicted octanol–water partition coefficient (Wildman–Crippen LogP) is 1.70. The molecule has 2 rings (SSSR count). The van der Waals surface area contributed by atoms with Crippen LogP contribution in [0, 0.1) is 0 Å². The molecule has 0 radical (unpaired) electrons. The minimum atomic E-state index is 0. The van der Waals surface area contributed by atoms with Gasteiger partial charge in [0.2, 0.25) is 0 Å². The highest BCUT2D eigenvalue weighted by Gasteiger charge is 2.01. The van der Waals surface area contributed by atoms with E-state index in [1.54, 1.807) is 7.05 Å². The van der Waals surface area contributed by atoms with Crippen molar-refractivity contribution in [1.82, 2.24) is 20.0 Å². The summed E-state index contributed by atoms with van der Waals surface area (Å²) >= 11 is 0. The van der Waals surface area contributed by atoms with Crippen molar-refractivity contribution in [2.75, 3.05) is 33.4 Å². The van der Waals surface area contributed by atoms with Crippen LogP contribution in [0.2, 0.25) is 0 Å². The molecule has 0 aliphatic heterocycles. The first-order chi connectivity index (χ1) is 10.3. The van der Waals surface area contributed by atoms with Crippen molar-refractivity contribution in [1.29, 1.82) is 0 Å². The molecule has 2 aromatic rings. The molecule has 2 N–H and O–H groups in total. The molecular weight excluding hydrogens is 393 g/mol. The van der Waals surface area contributed by atoms with Crippen molar-refractivity contribution < 1.29 is 4.74 Å². The number of nitrogens with zero attached hydrogens (tertiary/aromatic N) is 3. The molecule has 0 aliphatic carbocycles. The van der Waals surface area contributed by atoms with Crippen molar-refractivity contribution in [3.63, 3.8) is 0 Å². The lowest BCUT2D eigenvalue weighted by molar-refractivity contribution is 0.152. The third-order valence-electron chi connectivity index (χ3n) is 3.05. The van der Waals surface area contributed by atoms with Gasteiger partial charge in [-0.2, -0.15) is 0 Å². The number of halogens is 1. The van der Waals surface area contributed by atoms with Crippen LogP contribution in [-0.2, 0) is 11.2 Å². The number of pyridine rings is 1. The van der Waals surface area contributed by atoms with Crippen molar-refractivity contribution in [2.24, 2.45) is 4.99 Å². The summed E-state index contributed by atoms with van der Waals surface area (Å²) in [5.74, 6) is 0.790. The van der Waals surface area contributed by atoms with Crippen LogP contribution in [-0.4, -0.2) is 48.7 Å². The summed E-state index contributed by atoms with van der Waals surface area (Å²) in [6.45, 7) is 4.95. The summed E-state index contributed by atoms with van der Waals surface area (Å²) in [5, 5.41) is 6.48. The highest BCUT2D eigenvalue weighted by Crippen LogP contribution is 2.04.